The van der Waals surface area contributed by atoms with Gasteiger partial charge in [0.25, 0.3) is 0 Å². The van der Waals surface area contributed by atoms with E-state index in [1.54, 1.807) is 18.2 Å². The van der Waals surface area contributed by atoms with E-state index in [1.807, 2.05) is 6.92 Å². The van der Waals surface area contributed by atoms with E-state index >= 15 is 0 Å². The average molecular weight is 292 g/mol. The van der Waals surface area contributed by atoms with Crippen LogP contribution in [0.2, 0.25) is 0 Å². The number of halogens is 2. The van der Waals surface area contributed by atoms with Gasteiger partial charge in [-0.15, -0.1) is 0 Å². The number of nitrogens with two attached hydrogens (primary N) is 1. The van der Waals surface area contributed by atoms with E-state index < -0.39 is 11.6 Å². The lowest BCUT2D eigenvalue weighted by molar-refractivity contribution is 0.302. The third-order valence-electron chi connectivity index (χ3n) is 3.03. The van der Waals surface area contributed by atoms with E-state index in [0.29, 0.717) is 5.56 Å². The van der Waals surface area contributed by atoms with Crippen molar-refractivity contribution in [3.63, 3.8) is 0 Å². The molecule has 110 valence electrons. The van der Waals surface area contributed by atoms with Crippen LogP contribution in [0.4, 0.5) is 8.78 Å². The minimum atomic E-state index is -0.952. The van der Waals surface area contributed by atoms with E-state index in [2.05, 4.69) is 5.16 Å². The van der Waals surface area contributed by atoms with E-state index in [0.717, 1.165) is 23.3 Å². The molecule has 0 atom stereocenters. The number of nitrogens with zero attached hydrogens (tertiary/aromatic N) is 1. The Morgan fingerprint density at radius 3 is 2.57 bits per heavy atom. The Morgan fingerprint density at radius 1 is 1.19 bits per heavy atom. The van der Waals surface area contributed by atoms with Gasteiger partial charge in [-0.05, 0) is 36.2 Å². The molecule has 2 rings (SSSR count). The molecule has 0 bridgehead atoms. The van der Waals surface area contributed by atoms with Crippen molar-refractivity contribution in [1.29, 1.82) is 0 Å². The van der Waals surface area contributed by atoms with Crippen LogP contribution < -0.4 is 10.5 Å². The van der Waals surface area contributed by atoms with Crippen LogP contribution in [0.15, 0.2) is 41.6 Å². The van der Waals surface area contributed by atoms with Crippen LogP contribution in [0.1, 0.15) is 16.7 Å². The van der Waals surface area contributed by atoms with Gasteiger partial charge in [0.15, 0.2) is 17.5 Å². The number of ether oxygens (including phenoxy) is 1. The maximum Gasteiger partial charge on any atom is 0.170 e. The van der Waals surface area contributed by atoms with Crippen LogP contribution in [0.3, 0.4) is 0 Å². The van der Waals surface area contributed by atoms with Crippen molar-refractivity contribution in [2.45, 2.75) is 13.5 Å². The molecule has 0 aliphatic carbocycles. The highest BCUT2D eigenvalue weighted by atomic mass is 19.2. The van der Waals surface area contributed by atoms with Gasteiger partial charge in [-0.25, -0.2) is 8.78 Å². The molecule has 3 N–H and O–H groups in total. The maximum absolute atomic E-state index is 13.1. The maximum atomic E-state index is 13.1. The molecule has 0 aliphatic rings. The molecule has 4 nitrogen and oxygen atoms in total. The molecule has 2 aromatic rings. The number of hydrogen-bond donors (Lipinski definition) is 2. The zero-order valence-electron chi connectivity index (χ0n) is 11.3. The van der Waals surface area contributed by atoms with Crippen LogP contribution in [0, 0.1) is 18.6 Å². The number of oxime groups is 1. The summed E-state index contributed by atoms with van der Waals surface area (Å²) in [5, 5.41) is 11.5. The van der Waals surface area contributed by atoms with E-state index in [4.69, 9.17) is 15.7 Å². The van der Waals surface area contributed by atoms with Crippen LogP contribution in [0.25, 0.3) is 0 Å². The van der Waals surface area contributed by atoms with Gasteiger partial charge in [0.05, 0.1) is 0 Å². The quantitative estimate of drug-likeness (QED) is 0.394. The lowest BCUT2D eigenvalue weighted by Gasteiger charge is -2.10. The highest BCUT2D eigenvalue weighted by Gasteiger charge is 2.06. The van der Waals surface area contributed by atoms with E-state index in [9.17, 15) is 8.78 Å². The molecule has 0 radical (unpaired) electrons. The van der Waals surface area contributed by atoms with Crippen molar-refractivity contribution in [3.8, 4) is 5.75 Å². The predicted molar refractivity (Wildman–Crippen MR) is 74.4 cm³/mol. The summed E-state index contributed by atoms with van der Waals surface area (Å²) in [5.74, 6) is -1.60. The Labute approximate surface area is 120 Å². The summed E-state index contributed by atoms with van der Waals surface area (Å²) in [6, 6.07) is 8.57. The zero-order valence-corrected chi connectivity index (χ0v) is 11.3. The monoisotopic (exact) mass is 292 g/mol. The van der Waals surface area contributed by atoms with Crippen molar-refractivity contribution in [1.82, 2.24) is 0 Å². The SMILES string of the molecule is Cc1cc(/C(N)=N/O)ccc1COc1ccc(F)c(F)c1. The highest BCUT2D eigenvalue weighted by Crippen LogP contribution is 2.18. The van der Waals surface area contributed by atoms with Gasteiger partial charge in [-0.1, -0.05) is 17.3 Å². The summed E-state index contributed by atoms with van der Waals surface area (Å²) in [5.41, 5.74) is 7.82. The first-order chi connectivity index (χ1) is 10.0. The van der Waals surface area contributed by atoms with Crippen molar-refractivity contribution in [3.05, 3.63) is 64.7 Å². The zero-order chi connectivity index (χ0) is 15.4. The molecule has 6 heteroatoms. The molecule has 2 aromatic carbocycles. The van der Waals surface area contributed by atoms with Gasteiger partial charge in [0.2, 0.25) is 0 Å². The molecule has 0 aromatic heterocycles. The number of hydrogen-bond acceptors (Lipinski definition) is 3. The minimum Gasteiger partial charge on any atom is -0.489 e. The first kappa shape index (κ1) is 14.8. The van der Waals surface area contributed by atoms with Gasteiger partial charge in [0.1, 0.15) is 12.4 Å². The Bertz CT molecular complexity index is 687. The summed E-state index contributed by atoms with van der Waals surface area (Å²) in [4.78, 5) is 0. The summed E-state index contributed by atoms with van der Waals surface area (Å²) >= 11 is 0. The molecule has 0 saturated heterocycles. The molecule has 0 saturated carbocycles. The van der Waals surface area contributed by atoms with Gasteiger partial charge in [-0.3, -0.25) is 0 Å². The van der Waals surface area contributed by atoms with Crippen molar-refractivity contribution in [2.24, 2.45) is 10.9 Å². The second-order valence-electron chi connectivity index (χ2n) is 4.49. The summed E-state index contributed by atoms with van der Waals surface area (Å²) in [7, 11) is 0. The summed E-state index contributed by atoms with van der Waals surface area (Å²) in [6.45, 7) is 2.05. The Kier molecular flexibility index (Phi) is 4.37. The first-order valence-electron chi connectivity index (χ1n) is 6.16. The molecule has 0 fully saturated rings. The van der Waals surface area contributed by atoms with Crippen LogP contribution >= 0.6 is 0 Å². The highest BCUT2D eigenvalue weighted by molar-refractivity contribution is 5.97. The molecule has 0 heterocycles. The van der Waals surface area contributed by atoms with Crippen molar-refractivity contribution in [2.75, 3.05) is 0 Å². The summed E-state index contributed by atoms with van der Waals surface area (Å²) in [6.07, 6.45) is 0. The second-order valence-corrected chi connectivity index (χ2v) is 4.49. The largest absolute Gasteiger partial charge is 0.489 e. The first-order valence-corrected chi connectivity index (χ1v) is 6.16. The molecule has 21 heavy (non-hydrogen) atoms. The average Bonchev–Trinajstić information content (AvgIpc) is 2.48. The molecule has 0 unspecified atom stereocenters. The molecule has 0 aliphatic heterocycles. The standard InChI is InChI=1S/C15H14F2N2O2/c1-9-6-10(15(18)19-20)2-3-11(9)8-21-12-4-5-13(16)14(17)7-12/h2-7,20H,8H2,1H3,(H2,18,19). The molecule has 0 spiro atoms. The van der Waals surface area contributed by atoms with Crippen molar-refractivity contribution >= 4 is 5.84 Å². The fraction of sp³-hybridized carbons (Fsp3) is 0.133. The lowest BCUT2D eigenvalue weighted by atomic mass is 10.1. The van der Waals surface area contributed by atoms with E-state index in [1.165, 1.54) is 6.07 Å². The summed E-state index contributed by atoms with van der Waals surface area (Å²) < 4.78 is 31.3. The van der Waals surface area contributed by atoms with Gasteiger partial charge in [0, 0.05) is 11.6 Å². The third kappa shape index (κ3) is 3.47. The fourth-order valence-electron chi connectivity index (χ4n) is 1.80. The molecular formula is C15H14F2N2O2. The molecular weight excluding hydrogens is 278 g/mol. The number of benzene rings is 2. The number of amidine groups is 1. The normalized spacial score (nSPS) is 11.5. The van der Waals surface area contributed by atoms with Crippen molar-refractivity contribution < 1.29 is 18.7 Å². The van der Waals surface area contributed by atoms with Crippen LogP contribution in [-0.2, 0) is 6.61 Å². The minimum absolute atomic E-state index is 0.0196. The molecule has 0 amide bonds. The van der Waals surface area contributed by atoms with Crippen LogP contribution in [-0.4, -0.2) is 11.0 Å². The van der Waals surface area contributed by atoms with Gasteiger partial charge >= 0.3 is 0 Å². The number of rotatable bonds is 4. The second kappa shape index (κ2) is 6.21. The predicted octanol–water partition coefficient (Wildman–Crippen LogP) is 2.95. The Hall–Kier alpha value is -2.63. The van der Waals surface area contributed by atoms with Gasteiger partial charge < -0.3 is 15.7 Å². The van der Waals surface area contributed by atoms with Crippen LogP contribution in [0.5, 0.6) is 5.75 Å². The van der Waals surface area contributed by atoms with E-state index in [-0.39, 0.29) is 18.2 Å². The number of aryl methyl sites for hydroxylation is 1. The van der Waals surface area contributed by atoms with Gasteiger partial charge in [-0.2, -0.15) is 0 Å². The fourth-order valence-corrected chi connectivity index (χ4v) is 1.80. The third-order valence-corrected chi connectivity index (χ3v) is 3.03. The smallest absolute Gasteiger partial charge is 0.170 e. The lowest BCUT2D eigenvalue weighted by Crippen LogP contribution is -2.13. The Morgan fingerprint density at radius 2 is 1.95 bits per heavy atom. The topological polar surface area (TPSA) is 67.8 Å². The Balaban J connectivity index is 2.11.